The zero-order chi connectivity index (χ0) is 13.3. The Labute approximate surface area is 106 Å². The molecule has 1 heterocycles. The predicted molar refractivity (Wildman–Crippen MR) is 70.3 cm³/mol. The summed E-state index contributed by atoms with van der Waals surface area (Å²) >= 11 is 0. The molecular weight excluding hydrogens is 230 g/mol. The molecule has 0 amide bonds. The van der Waals surface area contributed by atoms with Gasteiger partial charge < -0.3 is 15.0 Å². The molecule has 5 nitrogen and oxygen atoms in total. The van der Waals surface area contributed by atoms with Gasteiger partial charge in [-0.1, -0.05) is 13.8 Å². The van der Waals surface area contributed by atoms with Crippen LogP contribution in [0.5, 0.6) is 0 Å². The number of anilines is 1. The molecule has 2 rings (SSSR count). The summed E-state index contributed by atoms with van der Waals surface area (Å²) in [4.78, 5) is 16.0. The van der Waals surface area contributed by atoms with Gasteiger partial charge in [-0.05, 0) is 18.2 Å². The molecule has 2 aromatic rings. The van der Waals surface area contributed by atoms with Crippen molar-refractivity contribution < 1.29 is 9.53 Å². The van der Waals surface area contributed by atoms with Crippen molar-refractivity contribution in [2.45, 2.75) is 26.3 Å². The molecule has 0 unspecified atom stereocenters. The van der Waals surface area contributed by atoms with Crippen LogP contribution in [0.1, 0.15) is 25.6 Å². The summed E-state index contributed by atoms with van der Waals surface area (Å²) in [6, 6.07) is 5.50. The molecule has 0 saturated heterocycles. The molecule has 0 atom stereocenters. The number of carbonyl (C=O) groups excluding carboxylic acids is 1. The third-order valence-corrected chi connectivity index (χ3v) is 2.83. The standard InChI is InChI=1S/C13H17N3O2/c1-8(2)13-15-10-6-9(14)4-5-11(10)16(13)7-12(17)18-3/h4-6,8H,7,14H2,1-3H3. The molecule has 0 bridgehead atoms. The van der Waals surface area contributed by atoms with E-state index < -0.39 is 0 Å². The van der Waals surface area contributed by atoms with E-state index in [9.17, 15) is 4.79 Å². The molecule has 96 valence electrons. The summed E-state index contributed by atoms with van der Waals surface area (Å²) in [6.07, 6.45) is 0. The monoisotopic (exact) mass is 247 g/mol. The first-order valence-corrected chi connectivity index (χ1v) is 5.85. The lowest BCUT2D eigenvalue weighted by molar-refractivity contribution is -0.141. The minimum Gasteiger partial charge on any atom is -0.468 e. The van der Waals surface area contributed by atoms with Crippen molar-refractivity contribution in [1.82, 2.24) is 9.55 Å². The van der Waals surface area contributed by atoms with Crippen molar-refractivity contribution in [2.24, 2.45) is 0 Å². The summed E-state index contributed by atoms with van der Waals surface area (Å²) in [5, 5.41) is 0. The lowest BCUT2D eigenvalue weighted by Crippen LogP contribution is -2.14. The fourth-order valence-corrected chi connectivity index (χ4v) is 1.97. The van der Waals surface area contributed by atoms with Crippen molar-refractivity contribution in [3.63, 3.8) is 0 Å². The Morgan fingerprint density at radius 3 is 2.83 bits per heavy atom. The Bertz CT molecular complexity index is 587. The molecule has 0 fully saturated rings. The van der Waals surface area contributed by atoms with Crippen molar-refractivity contribution in [3.8, 4) is 0 Å². The molecule has 0 saturated carbocycles. The van der Waals surface area contributed by atoms with Gasteiger partial charge in [0.15, 0.2) is 0 Å². The number of hydrogen-bond donors (Lipinski definition) is 1. The normalized spacial score (nSPS) is 11.1. The number of esters is 1. The molecule has 2 N–H and O–H groups in total. The van der Waals surface area contributed by atoms with Crippen LogP contribution >= 0.6 is 0 Å². The van der Waals surface area contributed by atoms with Gasteiger partial charge in [-0.15, -0.1) is 0 Å². The molecule has 0 aliphatic rings. The number of benzene rings is 1. The Kier molecular flexibility index (Phi) is 3.23. The average molecular weight is 247 g/mol. The van der Waals surface area contributed by atoms with Gasteiger partial charge >= 0.3 is 5.97 Å². The van der Waals surface area contributed by atoms with Gasteiger partial charge in [0.25, 0.3) is 0 Å². The minimum atomic E-state index is -0.284. The summed E-state index contributed by atoms with van der Waals surface area (Å²) in [7, 11) is 1.38. The number of nitrogen functional groups attached to an aromatic ring is 1. The third kappa shape index (κ3) is 2.16. The van der Waals surface area contributed by atoms with Crippen molar-refractivity contribution in [3.05, 3.63) is 24.0 Å². The first-order chi connectivity index (χ1) is 8.52. The minimum absolute atomic E-state index is 0.171. The highest BCUT2D eigenvalue weighted by Crippen LogP contribution is 2.23. The van der Waals surface area contributed by atoms with Gasteiger partial charge in [-0.25, -0.2) is 4.98 Å². The second-order valence-electron chi connectivity index (χ2n) is 4.54. The zero-order valence-corrected chi connectivity index (χ0v) is 10.8. The number of rotatable bonds is 3. The van der Waals surface area contributed by atoms with Gasteiger partial charge in [0, 0.05) is 11.6 Å². The Morgan fingerprint density at radius 1 is 1.50 bits per heavy atom. The van der Waals surface area contributed by atoms with E-state index in [1.807, 2.05) is 36.6 Å². The van der Waals surface area contributed by atoms with E-state index >= 15 is 0 Å². The maximum atomic E-state index is 11.5. The molecule has 1 aromatic carbocycles. The van der Waals surface area contributed by atoms with Gasteiger partial charge in [-0.2, -0.15) is 0 Å². The number of aromatic nitrogens is 2. The van der Waals surface area contributed by atoms with Crippen molar-refractivity contribution in [1.29, 1.82) is 0 Å². The number of carbonyl (C=O) groups is 1. The predicted octanol–water partition coefficient (Wildman–Crippen LogP) is 1.91. The fraction of sp³-hybridized carbons (Fsp3) is 0.385. The smallest absolute Gasteiger partial charge is 0.325 e. The first kappa shape index (κ1) is 12.4. The van der Waals surface area contributed by atoms with Gasteiger partial charge in [0.1, 0.15) is 12.4 Å². The summed E-state index contributed by atoms with van der Waals surface area (Å²) in [5.74, 6) is 0.803. The number of nitrogens with zero attached hydrogens (tertiary/aromatic N) is 2. The van der Waals surface area contributed by atoms with E-state index in [0.29, 0.717) is 5.69 Å². The molecule has 1 aromatic heterocycles. The lowest BCUT2D eigenvalue weighted by Gasteiger charge is -2.09. The van der Waals surface area contributed by atoms with Crippen LogP contribution in [0.25, 0.3) is 11.0 Å². The number of imidazole rings is 1. The summed E-state index contributed by atoms with van der Waals surface area (Å²) < 4.78 is 6.60. The van der Waals surface area contributed by atoms with Crippen LogP contribution in [0.2, 0.25) is 0 Å². The second-order valence-corrected chi connectivity index (χ2v) is 4.54. The van der Waals surface area contributed by atoms with Gasteiger partial charge in [0.2, 0.25) is 0 Å². The average Bonchev–Trinajstić information content (AvgIpc) is 2.67. The van der Waals surface area contributed by atoms with Gasteiger partial charge in [-0.3, -0.25) is 4.79 Å². The van der Waals surface area contributed by atoms with E-state index in [0.717, 1.165) is 16.9 Å². The number of hydrogen-bond acceptors (Lipinski definition) is 4. The maximum Gasteiger partial charge on any atom is 0.325 e. The van der Waals surface area contributed by atoms with Crippen LogP contribution < -0.4 is 5.73 Å². The van der Waals surface area contributed by atoms with E-state index in [-0.39, 0.29) is 18.4 Å². The van der Waals surface area contributed by atoms with E-state index in [1.54, 1.807) is 0 Å². The Balaban J connectivity index is 2.59. The van der Waals surface area contributed by atoms with Gasteiger partial charge in [0.05, 0.1) is 18.1 Å². The van der Waals surface area contributed by atoms with Crippen LogP contribution in [0.4, 0.5) is 5.69 Å². The molecule has 0 radical (unpaired) electrons. The zero-order valence-electron chi connectivity index (χ0n) is 10.8. The van der Waals surface area contributed by atoms with Crippen molar-refractivity contribution in [2.75, 3.05) is 12.8 Å². The van der Waals surface area contributed by atoms with Crippen LogP contribution in [0, 0.1) is 0 Å². The molecule has 5 heteroatoms. The first-order valence-electron chi connectivity index (χ1n) is 5.85. The number of ether oxygens (including phenoxy) is 1. The Hall–Kier alpha value is -2.04. The van der Waals surface area contributed by atoms with Crippen LogP contribution in [-0.2, 0) is 16.1 Å². The maximum absolute atomic E-state index is 11.5. The highest BCUT2D eigenvalue weighted by Gasteiger charge is 2.16. The van der Waals surface area contributed by atoms with E-state index in [1.165, 1.54) is 7.11 Å². The fourth-order valence-electron chi connectivity index (χ4n) is 1.97. The van der Waals surface area contributed by atoms with Crippen LogP contribution in [-0.4, -0.2) is 22.6 Å². The van der Waals surface area contributed by atoms with Crippen LogP contribution in [0.3, 0.4) is 0 Å². The quantitative estimate of drug-likeness (QED) is 0.664. The summed E-state index contributed by atoms with van der Waals surface area (Å²) in [6.45, 7) is 4.25. The van der Waals surface area contributed by atoms with Crippen molar-refractivity contribution >= 4 is 22.7 Å². The molecule has 18 heavy (non-hydrogen) atoms. The molecule has 0 aliphatic carbocycles. The third-order valence-electron chi connectivity index (χ3n) is 2.83. The summed E-state index contributed by atoms with van der Waals surface area (Å²) in [5.41, 5.74) is 8.12. The highest BCUT2D eigenvalue weighted by atomic mass is 16.5. The molecule has 0 aliphatic heterocycles. The highest BCUT2D eigenvalue weighted by molar-refractivity contribution is 5.81. The van der Waals surface area contributed by atoms with E-state index in [4.69, 9.17) is 10.5 Å². The lowest BCUT2D eigenvalue weighted by atomic mass is 10.2. The largest absolute Gasteiger partial charge is 0.468 e. The second kappa shape index (κ2) is 4.68. The Morgan fingerprint density at radius 2 is 2.22 bits per heavy atom. The SMILES string of the molecule is COC(=O)Cn1c(C(C)C)nc2cc(N)ccc21. The molecular formula is C13H17N3O2. The number of methoxy groups -OCH3 is 1. The molecule has 0 spiro atoms. The number of nitrogens with two attached hydrogens (primary N) is 1. The van der Waals surface area contributed by atoms with Crippen LogP contribution in [0.15, 0.2) is 18.2 Å². The van der Waals surface area contributed by atoms with E-state index in [2.05, 4.69) is 4.98 Å². The topological polar surface area (TPSA) is 70.1 Å². The number of fused-ring (bicyclic) bond motifs is 1.